The van der Waals surface area contributed by atoms with Crippen LogP contribution in [0, 0.1) is 0 Å². The molecule has 2 aromatic rings. The molecule has 0 aromatic heterocycles. The Balaban J connectivity index is -0.000000656. The molecule has 324 valence electrons. The zero-order chi connectivity index (χ0) is 43.9. The van der Waals surface area contributed by atoms with Crippen molar-refractivity contribution in [1.29, 1.82) is 0 Å². The van der Waals surface area contributed by atoms with Crippen LogP contribution >= 0.6 is 30.4 Å². The summed E-state index contributed by atoms with van der Waals surface area (Å²) < 4.78 is 61.2. The fraction of sp³-hybridized carbons (Fsp3) is 0.684. The van der Waals surface area contributed by atoms with Crippen LogP contribution in [0.1, 0.15) is 119 Å². The second-order valence-corrected chi connectivity index (χ2v) is 33.3. The van der Waals surface area contributed by atoms with E-state index in [9.17, 15) is 47.6 Å². The standard InChI is InChI=1S/2C7H10O6P2.6C4H9.3Sn/c2*8-14(9,10)6-15(11,12)13-7-4-2-1-3-5-7;6*1-3-4-2;;;/h2*1-5H,6H2,(H,11,12)(H2,8,9,10);6*1,3-4H2,2H3;;;/q;;;;;;;;3*+2/p-6. The van der Waals surface area contributed by atoms with Crippen molar-refractivity contribution >= 4 is 93.8 Å². The van der Waals surface area contributed by atoms with Crippen LogP contribution in [0.4, 0.5) is 0 Å². The molecule has 0 saturated heterocycles. The summed E-state index contributed by atoms with van der Waals surface area (Å²) >= 11 is 0.448. The van der Waals surface area contributed by atoms with Gasteiger partial charge in [0.05, 0.1) is 11.8 Å². The topological polar surface area (TPSA) is 225 Å². The summed E-state index contributed by atoms with van der Waals surface area (Å²) in [6.07, 6.45) is 17.5. The van der Waals surface area contributed by atoms with Crippen molar-refractivity contribution in [3.05, 3.63) is 60.7 Å². The van der Waals surface area contributed by atoms with E-state index in [2.05, 4.69) is 50.6 Å². The minimum absolute atomic E-state index is 0.0238. The Morgan fingerprint density at radius 2 is 0.614 bits per heavy atom. The number of hydrogen-bond donors (Lipinski definition) is 0. The first kappa shape index (κ1) is 62.4. The van der Waals surface area contributed by atoms with Gasteiger partial charge in [0.25, 0.3) is 0 Å². The smallest absolute Gasteiger partial charge is 0.189 e. The SMILES string of the molecule is CCC[CH2][Sn+2][CH2]CCC.CCC[CH2][Sn+2][CH2]CCC.CCC[CH2][Sn+2][CH2]CCC.O=P([O-])([O-])CP(=O)([O-])Oc1ccccc1.O=P([O-])([O-])CP(=O)([O-])Oc1ccccc1. The Labute approximate surface area is 376 Å². The molecule has 12 nitrogen and oxygen atoms in total. The zero-order valence-corrected chi connectivity index (χ0v) is 47.2. The van der Waals surface area contributed by atoms with Crippen LogP contribution in [0.2, 0.25) is 26.6 Å². The largest absolute Gasteiger partial charge is 0.810 e. The van der Waals surface area contributed by atoms with E-state index in [0.717, 1.165) is 0 Å². The molecule has 2 aromatic carbocycles. The number of rotatable bonds is 26. The van der Waals surface area contributed by atoms with Gasteiger partial charge in [-0.2, -0.15) is 0 Å². The summed E-state index contributed by atoms with van der Waals surface area (Å²) in [7, 11) is -19.6. The molecule has 19 heteroatoms. The van der Waals surface area contributed by atoms with Crippen molar-refractivity contribution in [3.8, 4) is 11.5 Å². The third-order valence-corrected chi connectivity index (χ3v) is 25.5. The van der Waals surface area contributed by atoms with Gasteiger partial charge in [-0.1, -0.05) is 51.6 Å². The molecule has 2 rings (SSSR count). The van der Waals surface area contributed by atoms with E-state index in [1.54, 1.807) is 38.8 Å². The van der Waals surface area contributed by atoms with Crippen molar-refractivity contribution in [2.75, 3.05) is 11.8 Å². The Morgan fingerprint density at radius 3 is 0.789 bits per heavy atom. The van der Waals surface area contributed by atoms with Crippen molar-refractivity contribution in [2.24, 2.45) is 0 Å². The van der Waals surface area contributed by atoms with Crippen LogP contribution in [0.5, 0.6) is 11.5 Å². The van der Waals surface area contributed by atoms with Crippen molar-refractivity contribution in [2.45, 2.75) is 145 Å². The molecule has 0 fully saturated rings. The average Bonchev–Trinajstić information content (AvgIpc) is 3.11. The predicted octanol–water partition coefficient (Wildman–Crippen LogP) is 8.36. The fourth-order valence-electron chi connectivity index (χ4n) is 3.95. The Morgan fingerprint density at radius 1 is 0.404 bits per heavy atom. The molecular weight excluding hydrogens is 1130 g/mol. The third kappa shape index (κ3) is 53.2. The molecule has 0 aliphatic heterocycles. The van der Waals surface area contributed by atoms with E-state index in [1.807, 2.05) is 0 Å². The van der Waals surface area contributed by atoms with Crippen LogP contribution in [0.3, 0.4) is 0 Å². The fourth-order valence-corrected chi connectivity index (χ4v) is 21.2. The monoisotopic (exact) mass is 1200 g/mol. The van der Waals surface area contributed by atoms with Gasteiger partial charge < -0.3 is 47.5 Å². The second-order valence-electron chi connectivity index (χ2n) is 12.9. The Bertz CT molecular complexity index is 1220. The molecule has 0 aliphatic carbocycles. The molecule has 57 heavy (non-hydrogen) atoms. The van der Waals surface area contributed by atoms with E-state index in [0.29, 0.717) is 0 Å². The molecule has 0 bridgehead atoms. The van der Waals surface area contributed by atoms with Crippen LogP contribution < -0.4 is 38.4 Å². The number of hydrogen-bond acceptors (Lipinski definition) is 12. The molecular formula is C38H68O12P4Sn3. The van der Waals surface area contributed by atoms with Crippen molar-refractivity contribution < 1.29 is 56.7 Å². The minimum atomic E-state index is -5.12. The van der Waals surface area contributed by atoms with Crippen LogP contribution in [-0.4, -0.2) is 75.2 Å². The zero-order valence-electron chi connectivity index (χ0n) is 35.1. The summed E-state index contributed by atoms with van der Waals surface area (Å²) in [5.74, 6) is -3.09. The average molecular weight is 1200 g/mol. The van der Waals surface area contributed by atoms with Crippen molar-refractivity contribution in [3.63, 3.8) is 0 Å². The van der Waals surface area contributed by atoms with Crippen LogP contribution in [0.25, 0.3) is 0 Å². The van der Waals surface area contributed by atoms with Crippen LogP contribution in [0.15, 0.2) is 60.7 Å². The summed E-state index contributed by atoms with van der Waals surface area (Å²) in [4.78, 5) is 63.1. The van der Waals surface area contributed by atoms with E-state index < -0.39 is 42.2 Å². The second kappa shape index (κ2) is 41.1. The predicted molar refractivity (Wildman–Crippen MR) is 230 cm³/mol. The molecule has 0 heterocycles. The Kier molecular flexibility index (Phi) is 45.1. The van der Waals surface area contributed by atoms with Gasteiger partial charge in [-0.15, -0.1) is 0 Å². The molecule has 2 unspecified atom stereocenters. The first-order chi connectivity index (χ1) is 26.8. The normalized spacial score (nSPS) is 12.6. The Hall–Kier alpha value is 1.12. The van der Waals surface area contributed by atoms with Gasteiger partial charge in [0.15, 0.2) is 15.2 Å². The first-order valence-electron chi connectivity index (χ1n) is 20.0. The number of unbranched alkanes of at least 4 members (excludes halogenated alkanes) is 6. The summed E-state index contributed by atoms with van der Waals surface area (Å²) in [6, 6.07) is 14.7. The quantitative estimate of drug-likeness (QED) is 0.0492. The number of benzene rings is 2. The molecule has 0 aliphatic rings. The maximum atomic E-state index is 11.0. The van der Waals surface area contributed by atoms with Gasteiger partial charge in [0.2, 0.25) is 0 Å². The van der Waals surface area contributed by atoms with Gasteiger partial charge in [0, 0.05) is 0 Å². The van der Waals surface area contributed by atoms with E-state index in [4.69, 9.17) is 0 Å². The maximum Gasteiger partial charge on any atom is 0.189 e. The molecule has 0 amide bonds. The number of para-hydroxylation sites is 2. The van der Waals surface area contributed by atoms with Crippen LogP contribution in [-0.2, 0) is 18.3 Å². The molecule has 2 atom stereocenters. The van der Waals surface area contributed by atoms with E-state index in [1.165, 1.54) is 126 Å². The van der Waals surface area contributed by atoms with E-state index in [-0.39, 0.29) is 74.9 Å². The van der Waals surface area contributed by atoms with Crippen molar-refractivity contribution in [1.82, 2.24) is 0 Å². The summed E-state index contributed by atoms with van der Waals surface area (Å²) in [6.45, 7) is 13.7. The van der Waals surface area contributed by atoms with E-state index >= 15 is 0 Å². The van der Waals surface area contributed by atoms with Gasteiger partial charge in [-0.25, -0.2) is 0 Å². The third-order valence-electron chi connectivity index (χ3n) is 6.91. The summed E-state index contributed by atoms with van der Waals surface area (Å²) in [5.41, 5.74) is 0. The van der Waals surface area contributed by atoms with Gasteiger partial charge in [0.1, 0.15) is 11.5 Å². The molecule has 0 saturated carbocycles. The van der Waals surface area contributed by atoms with Gasteiger partial charge in [-0.05, 0) is 24.3 Å². The molecule has 0 N–H and O–H groups in total. The first-order valence-corrected chi connectivity index (χ1v) is 39.1. The minimum Gasteiger partial charge on any atom is -0.810 e. The van der Waals surface area contributed by atoms with Gasteiger partial charge >= 0.3 is 209 Å². The maximum absolute atomic E-state index is 11.0. The molecule has 0 radical (unpaired) electrons. The van der Waals surface area contributed by atoms with Gasteiger partial charge in [-0.3, -0.25) is 9.13 Å². The summed E-state index contributed by atoms with van der Waals surface area (Å²) in [5, 5.41) is 0. The molecule has 0 spiro atoms.